The number of anilines is 1. The van der Waals surface area contributed by atoms with Gasteiger partial charge in [0, 0.05) is 23.8 Å². The van der Waals surface area contributed by atoms with E-state index < -0.39 is 0 Å². The smallest absolute Gasteiger partial charge is 0.159 e. The van der Waals surface area contributed by atoms with Crippen molar-refractivity contribution < 1.29 is 4.79 Å². The summed E-state index contributed by atoms with van der Waals surface area (Å²) in [6, 6.07) is 8.25. The van der Waals surface area contributed by atoms with Gasteiger partial charge < -0.3 is 10.2 Å². The van der Waals surface area contributed by atoms with Gasteiger partial charge in [-0.2, -0.15) is 0 Å². The zero-order valence-corrected chi connectivity index (χ0v) is 9.86. The molecule has 1 aromatic rings. The molecule has 86 valence electrons. The van der Waals surface area contributed by atoms with Crippen LogP contribution in [0.5, 0.6) is 0 Å². The molecular weight excluding hydrogens is 200 g/mol. The van der Waals surface area contributed by atoms with Crippen molar-refractivity contribution in [1.82, 2.24) is 4.90 Å². The molecule has 0 amide bonds. The van der Waals surface area contributed by atoms with Crippen molar-refractivity contribution in [3.8, 4) is 0 Å². The number of nitrogens with zero attached hydrogens (tertiary/aromatic N) is 1. The standard InChI is InChI=1S/C13H18N2O/c1-10(16)11-3-5-12(6-4-11)14-13-7-8-15(2)9-13/h3-6,13-14H,7-9H2,1-2H3. The molecule has 1 saturated heterocycles. The molecule has 1 unspecified atom stereocenters. The van der Waals surface area contributed by atoms with E-state index in [-0.39, 0.29) is 5.78 Å². The topological polar surface area (TPSA) is 32.3 Å². The third-order valence-corrected chi connectivity index (χ3v) is 3.05. The van der Waals surface area contributed by atoms with E-state index in [2.05, 4.69) is 17.3 Å². The van der Waals surface area contributed by atoms with Gasteiger partial charge in [-0.25, -0.2) is 0 Å². The van der Waals surface area contributed by atoms with Crippen LogP contribution in [-0.4, -0.2) is 36.9 Å². The zero-order valence-electron chi connectivity index (χ0n) is 9.86. The van der Waals surface area contributed by atoms with Crippen LogP contribution in [0, 0.1) is 0 Å². The number of nitrogens with one attached hydrogen (secondary N) is 1. The summed E-state index contributed by atoms with van der Waals surface area (Å²) in [7, 11) is 2.14. The number of carbonyl (C=O) groups excluding carboxylic acids is 1. The molecule has 0 spiro atoms. The Balaban J connectivity index is 1.97. The highest BCUT2D eigenvalue weighted by atomic mass is 16.1. The van der Waals surface area contributed by atoms with E-state index in [0.717, 1.165) is 24.3 Å². The van der Waals surface area contributed by atoms with Crippen molar-refractivity contribution in [2.75, 3.05) is 25.5 Å². The first-order valence-corrected chi connectivity index (χ1v) is 5.71. The Hall–Kier alpha value is -1.35. The van der Waals surface area contributed by atoms with Gasteiger partial charge in [0.1, 0.15) is 0 Å². The SMILES string of the molecule is CC(=O)c1ccc(NC2CCN(C)C2)cc1. The molecule has 3 heteroatoms. The number of hydrogen-bond acceptors (Lipinski definition) is 3. The Labute approximate surface area is 96.5 Å². The van der Waals surface area contributed by atoms with Gasteiger partial charge in [-0.15, -0.1) is 0 Å². The second-order valence-corrected chi connectivity index (χ2v) is 4.53. The molecule has 16 heavy (non-hydrogen) atoms. The predicted octanol–water partition coefficient (Wildman–Crippen LogP) is 2.01. The third-order valence-electron chi connectivity index (χ3n) is 3.05. The fraction of sp³-hybridized carbons (Fsp3) is 0.462. The van der Waals surface area contributed by atoms with E-state index in [1.165, 1.54) is 6.42 Å². The number of rotatable bonds is 3. The van der Waals surface area contributed by atoms with Crippen LogP contribution in [0.4, 0.5) is 5.69 Å². The Morgan fingerprint density at radius 1 is 1.38 bits per heavy atom. The highest BCUT2D eigenvalue weighted by Crippen LogP contribution is 2.15. The van der Waals surface area contributed by atoms with Gasteiger partial charge in [0.15, 0.2) is 5.78 Å². The van der Waals surface area contributed by atoms with E-state index in [0.29, 0.717) is 6.04 Å². The van der Waals surface area contributed by atoms with E-state index in [9.17, 15) is 4.79 Å². The summed E-state index contributed by atoms with van der Waals surface area (Å²) < 4.78 is 0. The maximum Gasteiger partial charge on any atom is 0.159 e. The molecule has 1 fully saturated rings. The van der Waals surface area contributed by atoms with Crippen molar-refractivity contribution >= 4 is 11.5 Å². The molecule has 1 aliphatic rings. The van der Waals surface area contributed by atoms with Crippen LogP contribution in [0.3, 0.4) is 0 Å². The highest BCUT2D eigenvalue weighted by Gasteiger charge is 2.18. The van der Waals surface area contributed by atoms with Gasteiger partial charge in [-0.3, -0.25) is 4.79 Å². The molecule has 1 heterocycles. The number of hydrogen-bond donors (Lipinski definition) is 1. The second-order valence-electron chi connectivity index (χ2n) is 4.53. The zero-order chi connectivity index (χ0) is 11.5. The minimum atomic E-state index is 0.118. The number of benzene rings is 1. The van der Waals surface area contributed by atoms with Crippen LogP contribution in [0.15, 0.2) is 24.3 Å². The number of ketones is 1. The minimum Gasteiger partial charge on any atom is -0.381 e. The van der Waals surface area contributed by atoms with E-state index in [4.69, 9.17) is 0 Å². The fourth-order valence-electron chi connectivity index (χ4n) is 2.09. The average molecular weight is 218 g/mol. The van der Waals surface area contributed by atoms with Gasteiger partial charge in [0.05, 0.1) is 0 Å². The lowest BCUT2D eigenvalue weighted by Crippen LogP contribution is -2.23. The Morgan fingerprint density at radius 2 is 2.06 bits per heavy atom. The largest absolute Gasteiger partial charge is 0.381 e. The first-order chi connectivity index (χ1) is 7.65. The summed E-state index contributed by atoms with van der Waals surface area (Å²) >= 11 is 0. The van der Waals surface area contributed by atoms with Gasteiger partial charge in [-0.05, 0) is 51.2 Å². The quantitative estimate of drug-likeness (QED) is 0.788. The summed E-state index contributed by atoms with van der Waals surface area (Å²) in [5.41, 5.74) is 1.87. The number of carbonyl (C=O) groups is 1. The molecule has 1 aromatic carbocycles. The Bertz CT molecular complexity index is 372. The van der Waals surface area contributed by atoms with Crippen LogP contribution in [-0.2, 0) is 0 Å². The van der Waals surface area contributed by atoms with Crippen molar-refractivity contribution in [3.05, 3.63) is 29.8 Å². The third kappa shape index (κ3) is 2.61. The molecular formula is C13H18N2O. The van der Waals surface area contributed by atoms with E-state index in [1.54, 1.807) is 6.92 Å². The lowest BCUT2D eigenvalue weighted by molar-refractivity contribution is 0.101. The first-order valence-electron chi connectivity index (χ1n) is 5.71. The Morgan fingerprint density at radius 3 is 2.56 bits per heavy atom. The van der Waals surface area contributed by atoms with Gasteiger partial charge in [0.2, 0.25) is 0 Å². The molecule has 0 bridgehead atoms. The van der Waals surface area contributed by atoms with Crippen LogP contribution in [0.2, 0.25) is 0 Å². The molecule has 2 rings (SSSR count). The van der Waals surface area contributed by atoms with Crippen molar-refractivity contribution in [1.29, 1.82) is 0 Å². The van der Waals surface area contributed by atoms with Gasteiger partial charge in [-0.1, -0.05) is 0 Å². The molecule has 1 N–H and O–H groups in total. The summed E-state index contributed by atoms with van der Waals surface area (Å²) in [5, 5.41) is 3.48. The maximum atomic E-state index is 11.1. The van der Waals surface area contributed by atoms with Gasteiger partial charge in [0.25, 0.3) is 0 Å². The highest BCUT2D eigenvalue weighted by molar-refractivity contribution is 5.94. The Kier molecular flexibility index (Phi) is 3.25. The second kappa shape index (κ2) is 4.66. The van der Waals surface area contributed by atoms with Crippen LogP contribution in [0.1, 0.15) is 23.7 Å². The number of likely N-dealkylation sites (tertiary alicyclic amines) is 1. The van der Waals surface area contributed by atoms with Crippen LogP contribution >= 0.6 is 0 Å². The van der Waals surface area contributed by atoms with Crippen molar-refractivity contribution in [2.45, 2.75) is 19.4 Å². The maximum absolute atomic E-state index is 11.1. The molecule has 0 aliphatic carbocycles. The monoisotopic (exact) mass is 218 g/mol. The summed E-state index contributed by atoms with van der Waals surface area (Å²) in [4.78, 5) is 13.4. The fourth-order valence-corrected chi connectivity index (χ4v) is 2.09. The molecule has 0 saturated carbocycles. The summed E-state index contributed by atoms with van der Waals surface area (Å²) in [5.74, 6) is 0.118. The number of Topliss-reactive ketones (excluding diaryl/α,β-unsaturated/α-hetero) is 1. The lowest BCUT2D eigenvalue weighted by atomic mass is 10.1. The molecule has 0 aromatic heterocycles. The summed E-state index contributed by atoms with van der Waals surface area (Å²) in [6.45, 7) is 3.84. The molecule has 3 nitrogen and oxygen atoms in total. The first kappa shape index (κ1) is 11.1. The van der Waals surface area contributed by atoms with E-state index in [1.807, 2.05) is 24.3 Å². The van der Waals surface area contributed by atoms with Crippen molar-refractivity contribution in [3.63, 3.8) is 0 Å². The molecule has 0 radical (unpaired) electrons. The number of likely N-dealkylation sites (N-methyl/N-ethyl adjacent to an activating group) is 1. The normalized spacial score (nSPS) is 21.0. The van der Waals surface area contributed by atoms with Crippen LogP contribution in [0.25, 0.3) is 0 Å². The average Bonchev–Trinajstić information content (AvgIpc) is 2.65. The molecule has 1 atom stereocenters. The molecule has 1 aliphatic heterocycles. The minimum absolute atomic E-state index is 0.118. The van der Waals surface area contributed by atoms with Gasteiger partial charge >= 0.3 is 0 Å². The summed E-state index contributed by atoms with van der Waals surface area (Å²) in [6.07, 6.45) is 1.19. The lowest BCUT2D eigenvalue weighted by Gasteiger charge is -2.14. The van der Waals surface area contributed by atoms with Crippen molar-refractivity contribution in [2.24, 2.45) is 0 Å². The van der Waals surface area contributed by atoms with Crippen LogP contribution < -0.4 is 5.32 Å². The predicted molar refractivity (Wildman–Crippen MR) is 66.0 cm³/mol. The van der Waals surface area contributed by atoms with E-state index >= 15 is 0 Å².